The molecular weight excluding hydrogens is 190 g/mol. The third-order valence-corrected chi connectivity index (χ3v) is 3.05. The lowest BCUT2D eigenvalue weighted by Gasteiger charge is -2.32. The zero-order valence-electron chi connectivity index (χ0n) is 10.5. The van der Waals surface area contributed by atoms with Crippen LogP contribution in [0.2, 0.25) is 0 Å². The van der Waals surface area contributed by atoms with E-state index in [0.717, 1.165) is 25.9 Å². The molecule has 90 valence electrons. The maximum atomic E-state index is 5.88. The molecule has 0 amide bonds. The Bertz CT molecular complexity index is 165. The summed E-state index contributed by atoms with van der Waals surface area (Å²) in [6.45, 7) is 7.29. The number of nitrogens with one attached hydrogen (secondary N) is 1. The first kappa shape index (κ1) is 12.9. The maximum absolute atomic E-state index is 5.88. The molecule has 3 heteroatoms. The van der Waals surface area contributed by atoms with Crippen LogP contribution in [0.15, 0.2) is 0 Å². The summed E-state index contributed by atoms with van der Waals surface area (Å²) in [5.41, 5.74) is 0. The lowest BCUT2D eigenvalue weighted by molar-refractivity contribution is -0.102. The van der Waals surface area contributed by atoms with Crippen LogP contribution in [0.1, 0.15) is 40.0 Å². The number of rotatable bonds is 5. The summed E-state index contributed by atoms with van der Waals surface area (Å²) in [5, 5.41) is 3.22. The Kier molecular flexibility index (Phi) is 5.58. The van der Waals surface area contributed by atoms with Crippen LogP contribution >= 0.6 is 0 Å². The van der Waals surface area contributed by atoms with Crippen molar-refractivity contribution in [2.45, 2.75) is 64.4 Å². The van der Waals surface area contributed by atoms with Gasteiger partial charge >= 0.3 is 0 Å². The van der Waals surface area contributed by atoms with E-state index in [-0.39, 0.29) is 0 Å². The predicted molar refractivity (Wildman–Crippen MR) is 62.1 cm³/mol. The molecule has 0 bridgehead atoms. The molecule has 0 radical (unpaired) electrons. The molecule has 1 aliphatic rings. The first-order chi connectivity index (χ1) is 7.11. The second-order valence-electron chi connectivity index (χ2n) is 4.70. The first-order valence-electron chi connectivity index (χ1n) is 6.06. The average Bonchev–Trinajstić information content (AvgIpc) is 2.16. The molecule has 3 nitrogen and oxygen atoms in total. The van der Waals surface area contributed by atoms with Gasteiger partial charge in [-0.15, -0.1) is 0 Å². The molecule has 0 saturated carbocycles. The molecule has 3 unspecified atom stereocenters. The fourth-order valence-electron chi connectivity index (χ4n) is 2.04. The fourth-order valence-corrected chi connectivity index (χ4v) is 2.04. The number of ether oxygens (including phenoxy) is 2. The van der Waals surface area contributed by atoms with Crippen molar-refractivity contribution < 1.29 is 9.47 Å². The van der Waals surface area contributed by atoms with Crippen molar-refractivity contribution in [3.8, 4) is 0 Å². The summed E-state index contributed by atoms with van der Waals surface area (Å²) < 4.78 is 11.5. The van der Waals surface area contributed by atoms with E-state index in [1.807, 2.05) is 7.05 Å². The Morgan fingerprint density at radius 2 is 1.93 bits per heavy atom. The topological polar surface area (TPSA) is 30.5 Å². The van der Waals surface area contributed by atoms with Gasteiger partial charge in [0.2, 0.25) is 0 Å². The summed E-state index contributed by atoms with van der Waals surface area (Å²) in [4.78, 5) is 0. The highest BCUT2D eigenvalue weighted by Gasteiger charge is 2.24. The zero-order valence-corrected chi connectivity index (χ0v) is 10.5. The van der Waals surface area contributed by atoms with E-state index in [0.29, 0.717) is 24.4 Å². The summed E-state index contributed by atoms with van der Waals surface area (Å²) >= 11 is 0. The molecule has 0 spiro atoms. The second kappa shape index (κ2) is 6.46. The molecule has 1 saturated heterocycles. The van der Waals surface area contributed by atoms with E-state index in [4.69, 9.17) is 9.47 Å². The average molecular weight is 215 g/mol. The predicted octanol–water partition coefficient (Wildman–Crippen LogP) is 1.96. The highest BCUT2D eigenvalue weighted by molar-refractivity contribution is 4.73. The number of hydrogen-bond acceptors (Lipinski definition) is 3. The van der Waals surface area contributed by atoms with Crippen LogP contribution in [0.25, 0.3) is 0 Å². The molecule has 1 rings (SSSR count). The summed E-state index contributed by atoms with van der Waals surface area (Å²) in [6, 6.07) is 0.541. The minimum atomic E-state index is 0.348. The highest BCUT2D eigenvalue weighted by Crippen LogP contribution is 2.21. The Balaban J connectivity index is 2.15. The molecule has 1 heterocycles. The molecule has 3 atom stereocenters. The standard InChI is InChI=1S/C12H25NO2/c1-9(13-4)5-6-14-12-7-10(2)15-11(3)8-12/h9-13H,5-8H2,1-4H3. The van der Waals surface area contributed by atoms with Gasteiger partial charge in [-0.3, -0.25) is 0 Å². The Labute approximate surface area is 93.5 Å². The zero-order chi connectivity index (χ0) is 11.3. The largest absolute Gasteiger partial charge is 0.378 e. The fraction of sp³-hybridized carbons (Fsp3) is 1.00. The molecule has 1 fully saturated rings. The van der Waals surface area contributed by atoms with Crippen molar-refractivity contribution in [1.82, 2.24) is 5.32 Å². The maximum Gasteiger partial charge on any atom is 0.0624 e. The van der Waals surface area contributed by atoms with E-state index < -0.39 is 0 Å². The quantitative estimate of drug-likeness (QED) is 0.760. The smallest absolute Gasteiger partial charge is 0.0624 e. The van der Waals surface area contributed by atoms with Gasteiger partial charge in [0.15, 0.2) is 0 Å². The number of hydrogen-bond donors (Lipinski definition) is 1. The van der Waals surface area contributed by atoms with Crippen LogP contribution in [0.5, 0.6) is 0 Å². The van der Waals surface area contributed by atoms with Gasteiger partial charge in [-0.2, -0.15) is 0 Å². The molecule has 15 heavy (non-hydrogen) atoms. The van der Waals surface area contributed by atoms with E-state index in [1.165, 1.54) is 0 Å². The summed E-state index contributed by atoms with van der Waals surface area (Å²) in [5.74, 6) is 0. The van der Waals surface area contributed by atoms with Gasteiger partial charge in [0.25, 0.3) is 0 Å². The Morgan fingerprint density at radius 3 is 2.47 bits per heavy atom. The van der Waals surface area contributed by atoms with E-state index in [9.17, 15) is 0 Å². The van der Waals surface area contributed by atoms with Crippen LogP contribution in [0.3, 0.4) is 0 Å². The summed E-state index contributed by atoms with van der Waals surface area (Å²) in [6.07, 6.45) is 4.25. The van der Waals surface area contributed by atoms with Gasteiger partial charge in [0.1, 0.15) is 0 Å². The van der Waals surface area contributed by atoms with Crippen LogP contribution < -0.4 is 5.32 Å². The van der Waals surface area contributed by atoms with Crippen molar-refractivity contribution in [3.63, 3.8) is 0 Å². The van der Waals surface area contributed by atoms with Crippen LogP contribution in [0, 0.1) is 0 Å². The van der Waals surface area contributed by atoms with Crippen molar-refractivity contribution in [2.75, 3.05) is 13.7 Å². The molecule has 0 aromatic carbocycles. The van der Waals surface area contributed by atoms with Crippen LogP contribution in [-0.4, -0.2) is 38.0 Å². The first-order valence-corrected chi connectivity index (χ1v) is 6.06. The van der Waals surface area contributed by atoms with Crippen molar-refractivity contribution in [1.29, 1.82) is 0 Å². The van der Waals surface area contributed by atoms with Gasteiger partial charge in [-0.05, 0) is 47.1 Å². The summed E-state index contributed by atoms with van der Waals surface area (Å²) in [7, 11) is 1.99. The van der Waals surface area contributed by atoms with Crippen LogP contribution in [-0.2, 0) is 9.47 Å². The molecular formula is C12H25NO2. The van der Waals surface area contributed by atoms with Gasteiger partial charge in [0.05, 0.1) is 18.3 Å². The van der Waals surface area contributed by atoms with Crippen molar-refractivity contribution in [2.24, 2.45) is 0 Å². The van der Waals surface area contributed by atoms with Crippen LogP contribution in [0.4, 0.5) is 0 Å². The highest BCUT2D eigenvalue weighted by atomic mass is 16.5. The monoisotopic (exact) mass is 215 g/mol. The van der Waals surface area contributed by atoms with Gasteiger partial charge in [-0.25, -0.2) is 0 Å². The Hall–Kier alpha value is -0.120. The van der Waals surface area contributed by atoms with Crippen molar-refractivity contribution in [3.05, 3.63) is 0 Å². The molecule has 1 N–H and O–H groups in total. The SMILES string of the molecule is CNC(C)CCOC1CC(C)OC(C)C1. The third-order valence-electron chi connectivity index (χ3n) is 3.05. The lowest BCUT2D eigenvalue weighted by atomic mass is 10.0. The minimum Gasteiger partial charge on any atom is -0.378 e. The van der Waals surface area contributed by atoms with Gasteiger partial charge in [-0.1, -0.05) is 0 Å². The Morgan fingerprint density at radius 1 is 1.33 bits per heavy atom. The van der Waals surface area contributed by atoms with Gasteiger partial charge in [0, 0.05) is 12.6 Å². The molecule has 1 aliphatic heterocycles. The third kappa shape index (κ3) is 4.96. The van der Waals surface area contributed by atoms with Gasteiger partial charge < -0.3 is 14.8 Å². The van der Waals surface area contributed by atoms with E-state index >= 15 is 0 Å². The molecule has 0 aliphatic carbocycles. The molecule has 0 aromatic heterocycles. The lowest BCUT2D eigenvalue weighted by Crippen LogP contribution is -2.35. The van der Waals surface area contributed by atoms with E-state index in [2.05, 4.69) is 26.1 Å². The minimum absolute atomic E-state index is 0.348. The second-order valence-corrected chi connectivity index (χ2v) is 4.70. The molecule has 0 aromatic rings. The normalized spacial score (nSPS) is 34.0. The van der Waals surface area contributed by atoms with E-state index in [1.54, 1.807) is 0 Å². The van der Waals surface area contributed by atoms with Crippen molar-refractivity contribution >= 4 is 0 Å².